The van der Waals surface area contributed by atoms with E-state index in [1.807, 2.05) is 6.07 Å². The fourth-order valence-electron chi connectivity index (χ4n) is 2.11. The van der Waals surface area contributed by atoms with E-state index in [1.54, 1.807) is 6.20 Å². The number of aromatic nitrogens is 2. The number of halogens is 3. The molecule has 0 unspecified atom stereocenters. The summed E-state index contributed by atoms with van der Waals surface area (Å²) in [6.45, 7) is 0. The second-order valence-corrected chi connectivity index (χ2v) is 4.85. The van der Waals surface area contributed by atoms with Crippen molar-refractivity contribution in [2.45, 2.75) is 24.9 Å². The monoisotopic (exact) mass is 280 g/mol. The van der Waals surface area contributed by atoms with Crippen LogP contribution in [0.3, 0.4) is 0 Å². The van der Waals surface area contributed by atoms with Gasteiger partial charge in [-0.1, -0.05) is 0 Å². The second kappa shape index (κ2) is 4.47. The lowest BCUT2D eigenvalue weighted by Gasteiger charge is -2.11. The third-order valence-electron chi connectivity index (χ3n) is 3.34. The van der Waals surface area contributed by atoms with Crippen molar-refractivity contribution in [1.82, 2.24) is 9.78 Å². The molecule has 1 fully saturated rings. The molecule has 1 aliphatic rings. The minimum Gasteiger partial charge on any atom is -0.298 e. The van der Waals surface area contributed by atoms with E-state index < -0.39 is 11.7 Å². The Bertz CT molecular complexity index is 657. The molecule has 2 aromatic rings. The normalized spacial score (nSPS) is 15.3. The van der Waals surface area contributed by atoms with Gasteiger partial charge >= 0.3 is 6.18 Å². The lowest BCUT2D eigenvalue weighted by molar-refractivity contribution is -0.137. The van der Waals surface area contributed by atoms with Crippen molar-refractivity contribution in [3.05, 3.63) is 47.3 Å². The molecule has 20 heavy (non-hydrogen) atoms. The predicted octanol–water partition coefficient (Wildman–Crippen LogP) is 3.58. The largest absolute Gasteiger partial charge is 0.417 e. The van der Waals surface area contributed by atoms with E-state index >= 15 is 0 Å². The number of aldehydes is 1. The Balaban J connectivity index is 2.02. The van der Waals surface area contributed by atoms with Gasteiger partial charge in [-0.2, -0.15) is 18.3 Å². The average molecular weight is 280 g/mol. The van der Waals surface area contributed by atoms with Crippen LogP contribution < -0.4 is 0 Å². The van der Waals surface area contributed by atoms with Crippen LogP contribution >= 0.6 is 0 Å². The van der Waals surface area contributed by atoms with E-state index in [0.717, 1.165) is 24.6 Å². The Labute approximate surface area is 113 Å². The van der Waals surface area contributed by atoms with E-state index in [9.17, 15) is 18.0 Å². The van der Waals surface area contributed by atoms with Crippen LogP contribution in [0, 0.1) is 0 Å². The molecular weight excluding hydrogens is 269 g/mol. The van der Waals surface area contributed by atoms with Crippen molar-refractivity contribution < 1.29 is 18.0 Å². The molecule has 1 aromatic heterocycles. The van der Waals surface area contributed by atoms with E-state index in [-0.39, 0.29) is 11.8 Å². The summed E-state index contributed by atoms with van der Waals surface area (Å²) in [5.41, 5.74) is -0.0999. The maximum absolute atomic E-state index is 12.9. The van der Waals surface area contributed by atoms with Gasteiger partial charge in [0.25, 0.3) is 0 Å². The number of benzene rings is 1. The van der Waals surface area contributed by atoms with Crippen molar-refractivity contribution >= 4 is 6.29 Å². The first-order chi connectivity index (χ1) is 9.49. The molecule has 104 valence electrons. The molecule has 0 saturated heterocycles. The van der Waals surface area contributed by atoms with Gasteiger partial charge in [0.2, 0.25) is 0 Å². The predicted molar refractivity (Wildman–Crippen MR) is 65.9 cm³/mol. The van der Waals surface area contributed by atoms with Crippen LogP contribution in [0.4, 0.5) is 13.2 Å². The van der Waals surface area contributed by atoms with Gasteiger partial charge in [0, 0.05) is 17.7 Å². The van der Waals surface area contributed by atoms with Crippen molar-refractivity contribution in [3.63, 3.8) is 0 Å². The summed E-state index contributed by atoms with van der Waals surface area (Å²) in [5, 5.41) is 4.28. The molecule has 0 aliphatic heterocycles. The first kappa shape index (κ1) is 12.9. The van der Waals surface area contributed by atoms with Crippen molar-refractivity contribution in [2.75, 3.05) is 0 Å². The van der Waals surface area contributed by atoms with Crippen LogP contribution in [0.25, 0.3) is 5.69 Å². The van der Waals surface area contributed by atoms with Gasteiger partial charge in [0.05, 0.1) is 16.9 Å². The van der Waals surface area contributed by atoms with Gasteiger partial charge in [0.1, 0.15) is 0 Å². The topological polar surface area (TPSA) is 34.9 Å². The molecule has 0 bridgehead atoms. The third kappa shape index (κ3) is 2.33. The minimum atomic E-state index is -4.56. The number of hydrogen-bond donors (Lipinski definition) is 0. The van der Waals surface area contributed by atoms with E-state index in [4.69, 9.17) is 0 Å². The molecule has 1 saturated carbocycles. The Kier molecular flexibility index (Phi) is 2.88. The SMILES string of the molecule is O=Cc1ccc(-n2ccc(C3CC3)n2)cc1C(F)(F)F. The Hall–Kier alpha value is -2.11. The molecule has 0 amide bonds. The molecule has 1 aliphatic carbocycles. The first-order valence-electron chi connectivity index (χ1n) is 6.21. The molecule has 6 heteroatoms. The fourth-order valence-corrected chi connectivity index (χ4v) is 2.11. The Morgan fingerprint density at radius 3 is 2.60 bits per heavy atom. The third-order valence-corrected chi connectivity index (χ3v) is 3.34. The summed E-state index contributed by atoms with van der Waals surface area (Å²) in [5.74, 6) is 0.438. The van der Waals surface area contributed by atoms with Crippen LogP contribution in [0.1, 0.15) is 40.4 Å². The smallest absolute Gasteiger partial charge is 0.298 e. The number of carbonyl (C=O) groups excluding carboxylic acids is 1. The van der Waals surface area contributed by atoms with E-state index in [2.05, 4.69) is 5.10 Å². The van der Waals surface area contributed by atoms with Gasteiger partial charge in [-0.05, 0) is 37.1 Å². The van der Waals surface area contributed by atoms with Gasteiger partial charge in [-0.25, -0.2) is 4.68 Å². The van der Waals surface area contributed by atoms with Crippen LogP contribution in [0.2, 0.25) is 0 Å². The highest BCUT2D eigenvalue weighted by molar-refractivity contribution is 5.78. The molecule has 0 radical (unpaired) electrons. The average Bonchev–Trinajstić information content (AvgIpc) is 3.15. The maximum Gasteiger partial charge on any atom is 0.417 e. The molecule has 3 nitrogen and oxygen atoms in total. The lowest BCUT2D eigenvalue weighted by Crippen LogP contribution is -2.10. The fraction of sp³-hybridized carbons (Fsp3) is 0.286. The summed E-state index contributed by atoms with van der Waals surface area (Å²) in [6, 6.07) is 5.40. The Morgan fingerprint density at radius 1 is 1.25 bits per heavy atom. The zero-order chi connectivity index (χ0) is 14.3. The minimum absolute atomic E-state index is 0.214. The number of nitrogens with zero attached hydrogens (tertiary/aromatic N) is 2. The first-order valence-corrected chi connectivity index (χ1v) is 6.21. The van der Waals surface area contributed by atoms with Gasteiger partial charge in [0.15, 0.2) is 6.29 Å². The van der Waals surface area contributed by atoms with E-state index in [0.29, 0.717) is 11.6 Å². The van der Waals surface area contributed by atoms with Crippen LogP contribution in [0.15, 0.2) is 30.5 Å². The van der Waals surface area contributed by atoms with Crippen molar-refractivity contribution in [3.8, 4) is 5.69 Å². The zero-order valence-corrected chi connectivity index (χ0v) is 10.4. The molecule has 0 atom stereocenters. The van der Waals surface area contributed by atoms with Crippen molar-refractivity contribution in [2.24, 2.45) is 0 Å². The van der Waals surface area contributed by atoms with E-state index in [1.165, 1.54) is 16.8 Å². The molecule has 3 rings (SSSR count). The maximum atomic E-state index is 12.9. The lowest BCUT2D eigenvalue weighted by atomic mass is 10.1. The highest BCUT2D eigenvalue weighted by Gasteiger charge is 2.34. The second-order valence-electron chi connectivity index (χ2n) is 4.85. The Morgan fingerprint density at radius 2 is 2.00 bits per heavy atom. The summed E-state index contributed by atoms with van der Waals surface area (Å²) in [4.78, 5) is 10.7. The molecule has 1 heterocycles. The van der Waals surface area contributed by atoms with Gasteiger partial charge < -0.3 is 0 Å². The van der Waals surface area contributed by atoms with Gasteiger partial charge in [-0.15, -0.1) is 0 Å². The quantitative estimate of drug-likeness (QED) is 0.805. The zero-order valence-electron chi connectivity index (χ0n) is 10.4. The summed E-state index contributed by atoms with van der Waals surface area (Å²) in [6.07, 6.45) is -0.544. The summed E-state index contributed by atoms with van der Waals surface area (Å²) in [7, 11) is 0. The van der Waals surface area contributed by atoms with Crippen molar-refractivity contribution in [1.29, 1.82) is 0 Å². The van der Waals surface area contributed by atoms with Crippen LogP contribution in [0.5, 0.6) is 0 Å². The van der Waals surface area contributed by atoms with Crippen LogP contribution in [-0.4, -0.2) is 16.1 Å². The molecule has 1 aromatic carbocycles. The standard InChI is InChI=1S/C14H11F3N2O/c15-14(16,17)12-7-11(4-3-10(12)8-20)19-6-5-13(18-19)9-1-2-9/h3-9H,1-2H2. The number of alkyl halides is 3. The molecular formula is C14H11F3N2O. The number of hydrogen-bond acceptors (Lipinski definition) is 2. The van der Waals surface area contributed by atoms with Crippen LogP contribution in [-0.2, 0) is 6.18 Å². The number of rotatable bonds is 3. The highest BCUT2D eigenvalue weighted by atomic mass is 19.4. The molecule has 0 N–H and O–H groups in total. The van der Waals surface area contributed by atoms with Gasteiger partial charge in [-0.3, -0.25) is 4.79 Å². The summed E-state index contributed by atoms with van der Waals surface area (Å²) >= 11 is 0. The highest BCUT2D eigenvalue weighted by Crippen LogP contribution is 2.39. The molecule has 0 spiro atoms. The summed E-state index contributed by atoms with van der Waals surface area (Å²) < 4.78 is 40.1. The number of carbonyl (C=O) groups is 1.